The maximum atomic E-state index is 14.3. The number of nitrogens with zero attached hydrogens (tertiary/aromatic N) is 2. The Bertz CT molecular complexity index is 1730. The third-order valence-corrected chi connectivity index (χ3v) is 9.01. The van der Waals surface area contributed by atoms with Gasteiger partial charge >= 0.3 is 0 Å². The molecule has 3 heterocycles. The molecule has 0 fully saturated rings. The average molecular weight is 593 g/mol. The number of aryl methyl sites for hydroxylation is 1. The predicted molar refractivity (Wildman–Crippen MR) is 161 cm³/mol. The van der Waals surface area contributed by atoms with Crippen molar-refractivity contribution in [3.8, 4) is 10.4 Å². The van der Waals surface area contributed by atoms with Crippen molar-refractivity contribution in [1.82, 2.24) is 4.98 Å². The summed E-state index contributed by atoms with van der Waals surface area (Å²) in [6.45, 7) is 3.84. The lowest BCUT2D eigenvalue weighted by molar-refractivity contribution is 0.0981. The highest BCUT2D eigenvalue weighted by atomic mass is 32.2. The Kier molecular flexibility index (Phi) is 7.92. The van der Waals surface area contributed by atoms with Crippen LogP contribution in [0.3, 0.4) is 0 Å². The molecule has 0 aliphatic carbocycles. The van der Waals surface area contributed by atoms with Crippen LogP contribution in [0.25, 0.3) is 10.4 Å². The first-order valence-corrected chi connectivity index (χ1v) is 15.9. The zero-order valence-electron chi connectivity index (χ0n) is 22.8. The highest BCUT2D eigenvalue weighted by molar-refractivity contribution is 7.90. The quantitative estimate of drug-likeness (QED) is 0.291. The maximum Gasteiger partial charge on any atom is 0.276 e. The highest BCUT2D eigenvalue weighted by Gasteiger charge is 2.28. The lowest BCUT2D eigenvalue weighted by atomic mass is 10.1. The Hall–Kier alpha value is -4.09. The second-order valence-electron chi connectivity index (χ2n) is 10.1. The number of fused-ring (bicyclic) bond motifs is 3. The molecule has 41 heavy (non-hydrogen) atoms. The minimum absolute atomic E-state index is 0.0608. The highest BCUT2D eigenvalue weighted by Crippen LogP contribution is 2.42. The average Bonchev–Trinajstić information content (AvgIpc) is 3.28. The number of hydrogen-bond donors (Lipinski definition) is 2. The van der Waals surface area contributed by atoms with Crippen LogP contribution in [0, 0.1) is 12.7 Å². The Morgan fingerprint density at radius 1 is 1.10 bits per heavy atom. The molecule has 1 unspecified atom stereocenters. The van der Waals surface area contributed by atoms with Gasteiger partial charge in [0.2, 0.25) is 0 Å². The lowest BCUT2D eigenvalue weighted by Crippen LogP contribution is -2.33. The van der Waals surface area contributed by atoms with E-state index < -0.39 is 15.7 Å². The van der Waals surface area contributed by atoms with Crippen LogP contribution in [0.15, 0.2) is 66.7 Å². The monoisotopic (exact) mass is 592 g/mol. The van der Waals surface area contributed by atoms with Crippen molar-refractivity contribution >= 4 is 50.2 Å². The van der Waals surface area contributed by atoms with Gasteiger partial charge < -0.3 is 15.5 Å². The molecule has 2 aromatic heterocycles. The molecule has 4 aromatic rings. The molecule has 2 amide bonds. The van der Waals surface area contributed by atoms with Crippen molar-refractivity contribution in [3.63, 3.8) is 0 Å². The fraction of sp³-hybridized carbons (Fsp3) is 0.233. The molecule has 0 spiro atoms. The molecular formula is C30H29FN4O4S2. The number of thiophene rings is 1. The summed E-state index contributed by atoms with van der Waals surface area (Å²) in [4.78, 5) is 34.3. The number of anilines is 3. The number of aromatic nitrogens is 1. The molecule has 0 radical (unpaired) electrons. The van der Waals surface area contributed by atoms with Gasteiger partial charge in [-0.25, -0.2) is 17.8 Å². The molecule has 2 aromatic carbocycles. The van der Waals surface area contributed by atoms with Gasteiger partial charge in [0.05, 0.1) is 22.0 Å². The van der Waals surface area contributed by atoms with Crippen LogP contribution in [0.4, 0.5) is 21.6 Å². The number of rotatable bonds is 7. The normalized spacial score (nSPS) is 13.5. The van der Waals surface area contributed by atoms with Crippen molar-refractivity contribution in [3.05, 3.63) is 94.2 Å². The molecule has 0 saturated carbocycles. The number of amides is 2. The summed E-state index contributed by atoms with van der Waals surface area (Å²) >= 11 is 1.31. The number of sulfone groups is 1. The molecule has 11 heteroatoms. The smallest absolute Gasteiger partial charge is 0.276 e. The van der Waals surface area contributed by atoms with E-state index in [9.17, 15) is 22.4 Å². The van der Waals surface area contributed by atoms with E-state index in [1.807, 2.05) is 30.3 Å². The van der Waals surface area contributed by atoms with E-state index in [1.165, 1.54) is 23.7 Å². The van der Waals surface area contributed by atoms with Gasteiger partial charge in [-0.05, 0) is 61.7 Å². The van der Waals surface area contributed by atoms with Crippen molar-refractivity contribution in [1.29, 1.82) is 0 Å². The number of pyridine rings is 1. The number of carbonyl (C=O) groups excluding carboxylic acids is 2. The van der Waals surface area contributed by atoms with E-state index in [-0.39, 0.29) is 35.0 Å². The van der Waals surface area contributed by atoms with Crippen molar-refractivity contribution in [2.24, 2.45) is 0 Å². The van der Waals surface area contributed by atoms with Crippen LogP contribution in [-0.4, -0.2) is 49.8 Å². The second kappa shape index (κ2) is 11.4. The molecular weight excluding hydrogens is 563 g/mol. The van der Waals surface area contributed by atoms with Gasteiger partial charge in [-0.2, -0.15) is 0 Å². The minimum Gasteiger partial charge on any atom is -0.367 e. The maximum absolute atomic E-state index is 14.3. The van der Waals surface area contributed by atoms with Gasteiger partial charge in [-0.1, -0.05) is 36.4 Å². The number of halogens is 1. The van der Waals surface area contributed by atoms with E-state index in [0.717, 1.165) is 16.0 Å². The third-order valence-electron chi connectivity index (χ3n) is 6.70. The zero-order valence-corrected chi connectivity index (χ0v) is 24.4. The summed E-state index contributed by atoms with van der Waals surface area (Å²) in [7, 11) is -3.18. The van der Waals surface area contributed by atoms with Crippen molar-refractivity contribution < 1.29 is 22.4 Å². The summed E-state index contributed by atoms with van der Waals surface area (Å²) in [6, 6.07) is 18.6. The number of carbonyl (C=O) groups is 2. The van der Waals surface area contributed by atoms with E-state index in [2.05, 4.69) is 15.6 Å². The van der Waals surface area contributed by atoms with Gasteiger partial charge in [0.15, 0.2) is 0 Å². The molecule has 8 nitrogen and oxygen atoms in total. The summed E-state index contributed by atoms with van der Waals surface area (Å²) in [5, 5.41) is 5.77. The molecule has 0 bridgehead atoms. The van der Waals surface area contributed by atoms with Gasteiger partial charge in [0.25, 0.3) is 11.8 Å². The van der Waals surface area contributed by atoms with Crippen LogP contribution >= 0.6 is 11.3 Å². The first-order chi connectivity index (χ1) is 19.5. The molecule has 5 rings (SSSR count). The minimum atomic E-state index is -3.18. The van der Waals surface area contributed by atoms with Gasteiger partial charge in [0, 0.05) is 29.3 Å². The summed E-state index contributed by atoms with van der Waals surface area (Å²) < 4.78 is 37.6. The second-order valence-corrected chi connectivity index (χ2v) is 13.4. The van der Waals surface area contributed by atoms with Crippen LogP contribution < -0.4 is 15.5 Å². The molecule has 212 valence electrons. The fourth-order valence-corrected chi connectivity index (χ4v) is 7.04. The van der Waals surface area contributed by atoms with Gasteiger partial charge in [0.1, 0.15) is 27.2 Å². The Labute approximate surface area is 242 Å². The molecule has 2 N–H and O–H groups in total. The Morgan fingerprint density at radius 2 is 1.85 bits per heavy atom. The van der Waals surface area contributed by atoms with Crippen LogP contribution in [0.1, 0.15) is 38.2 Å². The standard InChI is InChI=1S/C30H29FN4O4S2/c1-18-8-6-10-22(31)27(18)34-29(36)25-16-20-14-15-35(24-12-5-4-9-21(24)28(20)40-25)30(37)23-11-7-13-26(33-23)32-19(2)17-41(3,38)39/h4-13,16,19H,14-15,17H2,1-3H3,(H,32,33)(H,34,36). The molecule has 1 aliphatic rings. The first-order valence-electron chi connectivity index (χ1n) is 13.0. The molecule has 1 aliphatic heterocycles. The SMILES string of the molecule is Cc1cccc(F)c1NC(=O)c1cc2c(s1)-c1ccccc1N(C(=O)c1cccc(NC(C)CS(C)(=O)=O)n1)CC2. The number of para-hydroxylation sites is 2. The number of hydrogen-bond acceptors (Lipinski definition) is 7. The van der Waals surface area contributed by atoms with Gasteiger partial charge in [-0.3, -0.25) is 9.59 Å². The van der Waals surface area contributed by atoms with Crippen LogP contribution in [-0.2, 0) is 16.3 Å². The van der Waals surface area contributed by atoms with Crippen molar-refractivity contribution in [2.45, 2.75) is 26.3 Å². The van der Waals surface area contributed by atoms with E-state index >= 15 is 0 Å². The summed E-state index contributed by atoms with van der Waals surface area (Å²) in [5.74, 6) is -0.821. The van der Waals surface area contributed by atoms with E-state index in [4.69, 9.17) is 0 Å². The zero-order chi connectivity index (χ0) is 29.3. The Morgan fingerprint density at radius 3 is 2.61 bits per heavy atom. The lowest BCUT2D eigenvalue weighted by Gasteiger charge is -2.23. The third kappa shape index (κ3) is 6.31. The fourth-order valence-electron chi connectivity index (χ4n) is 4.91. The largest absolute Gasteiger partial charge is 0.367 e. The number of nitrogens with one attached hydrogen (secondary N) is 2. The van der Waals surface area contributed by atoms with E-state index in [1.54, 1.807) is 49.1 Å². The molecule has 1 atom stereocenters. The summed E-state index contributed by atoms with van der Waals surface area (Å²) in [5.41, 5.74) is 3.45. The van der Waals surface area contributed by atoms with Gasteiger partial charge in [-0.15, -0.1) is 11.3 Å². The first kappa shape index (κ1) is 28.4. The van der Waals surface area contributed by atoms with Crippen LogP contribution in [0.2, 0.25) is 0 Å². The Balaban J connectivity index is 1.41. The van der Waals surface area contributed by atoms with Crippen LogP contribution in [0.5, 0.6) is 0 Å². The number of benzene rings is 2. The van der Waals surface area contributed by atoms with Crippen molar-refractivity contribution in [2.75, 3.05) is 34.1 Å². The predicted octanol–water partition coefficient (Wildman–Crippen LogP) is 5.56. The van der Waals surface area contributed by atoms with E-state index in [0.29, 0.717) is 34.9 Å². The summed E-state index contributed by atoms with van der Waals surface area (Å²) in [6.07, 6.45) is 1.68. The topological polar surface area (TPSA) is 108 Å². The molecule has 0 saturated heterocycles.